The Morgan fingerprint density at radius 1 is 1.03 bits per heavy atom. The summed E-state index contributed by atoms with van der Waals surface area (Å²) in [5.74, 6) is -1.38. The van der Waals surface area contributed by atoms with Crippen LogP contribution in [0.4, 0.5) is 4.79 Å². The summed E-state index contributed by atoms with van der Waals surface area (Å²) in [4.78, 5) is 52.6. The molecule has 0 radical (unpaired) electrons. The fourth-order valence-electron chi connectivity index (χ4n) is 2.52. The molecule has 1 rings (SSSR count). The largest absolute Gasteiger partial charge is 0.468 e. The van der Waals surface area contributed by atoms with E-state index in [1.54, 1.807) is 51.1 Å². The van der Waals surface area contributed by atoms with Gasteiger partial charge in [0.15, 0.2) is 0 Å². The SMILES string of the molecule is COC(=O)CNCNC(=O)C(CCCCNOC(=O)c1ccccc1)NC(=O)OC(C)(C)C. The van der Waals surface area contributed by atoms with E-state index < -0.39 is 35.6 Å². The molecule has 0 bridgehead atoms. The topological polar surface area (TPSA) is 144 Å². The van der Waals surface area contributed by atoms with Crippen LogP contribution in [0.15, 0.2) is 30.3 Å². The summed E-state index contributed by atoms with van der Waals surface area (Å²) in [5.41, 5.74) is 2.33. The molecule has 1 aromatic rings. The second-order valence-corrected chi connectivity index (χ2v) is 8.07. The maximum atomic E-state index is 12.5. The highest BCUT2D eigenvalue weighted by Crippen LogP contribution is 2.08. The fraction of sp³-hybridized carbons (Fsp3) is 0.545. The highest BCUT2D eigenvalue weighted by atomic mass is 16.7. The molecule has 0 aromatic heterocycles. The van der Waals surface area contributed by atoms with Crippen molar-refractivity contribution in [3.05, 3.63) is 35.9 Å². The number of carbonyl (C=O) groups is 4. The van der Waals surface area contributed by atoms with Crippen LogP contribution in [0, 0.1) is 0 Å². The number of ether oxygens (including phenoxy) is 2. The lowest BCUT2D eigenvalue weighted by Gasteiger charge is -2.23. The molecule has 11 nitrogen and oxygen atoms in total. The van der Waals surface area contributed by atoms with E-state index >= 15 is 0 Å². The van der Waals surface area contributed by atoms with E-state index in [0.717, 1.165) is 0 Å². The molecule has 0 spiro atoms. The molecule has 0 fully saturated rings. The van der Waals surface area contributed by atoms with E-state index in [0.29, 0.717) is 31.4 Å². The summed E-state index contributed by atoms with van der Waals surface area (Å²) < 4.78 is 9.73. The summed E-state index contributed by atoms with van der Waals surface area (Å²) >= 11 is 0. The first-order valence-electron chi connectivity index (χ1n) is 10.7. The van der Waals surface area contributed by atoms with Crippen LogP contribution in [-0.2, 0) is 23.9 Å². The van der Waals surface area contributed by atoms with E-state index in [9.17, 15) is 19.2 Å². The highest BCUT2D eigenvalue weighted by molar-refractivity contribution is 5.89. The fourth-order valence-corrected chi connectivity index (χ4v) is 2.52. The zero-order valence-electron chi connectivity index (χ0n) is 19.6. The Bertz CT molecular complexity index is 766. The molecule has 2 amide bonds. The van der Waals surface area contributed by atoms with Crippen molar-refractivity contribution < 1.29 is 33.5 Å². The number of hydroxylamine groups is 1. The summed E-state index contributed by atoms with van der Waals surface area (Å²) in [6, 6.07) is 7.74. The van der Waals surface area contributed by atoms with Gasteiger partial charge in [-0.1, -0.05) is 18.2 Å². The number of hydrogen-bond acceptors (Lipinski definition) is 9. The molecular weight excluding hydrogens is 432 g/mol. The number of amides is 2. The molecule has 33 heavy (non-hydrogen) atoms. The van der Waals surface area contributed by atoms with Crippen molar-refractivity contribution in [2.45, 2.75) is 51.7 Å². The van der Waals surface area contributed by atoms with Crippen LogP contribution >= 0.6 is 0 Å². The van der Waals surface area contributed by atoms with E-state index in [2.05, 4.69) is 26.2 Å². The summed E-state index contributed by atoms with van der Waals surface area (Å²) in [6.07, 6.45) is 0.762. The second kappa shape index (κ2) is 14.8. The Balaban J connectivity index is 2.43. The molecule has 0 heterocycles. The number of benzene rings is 1. The molecule has 184 valence electrons. The van der Waals surface area contributed by atoms with Gasteiger partial charge in [0.1, 0.15) is 11.6 Å². The van der Waals surface area contributed by atoms with Crippen LogP contribution in [0.3, 0.4) is 0 Å². The lowest BCUT2D eigenvalue weighted by Crippen LogP contribution is -2.50. The minimum atomic E-state index is -0.841. The zero-order valence-corrected chi connectivity index (χ0v) is 19.6. The van der Waals surface area contributed by atoms with Crippen molar-refractivity contribution in [2.24, 2.45) is 0 Å². The van der Waals surface area contributed by atoms with Crippen molar-refractivity contribution >= 4 is 23.9 Å². The predicted octanol–water partition coefficient (Wildman–Crippen LogP) is 1.25. The van der Waals surface area contributed by atoms with Crippen molar-refractivity contribution in [1.82, 2.24) is 21.4 Å². The van der Waals surface area contributed by atoms with E-state index in [4.69, 9.17) is 9.57 Å². The number of nitrogens with one attached hydrogen (secondary N) is 4. The molecule has 11 heteroatoms. The van der Waals surface area contributed by atoms with Crippen LogP contribution < -0.4 is 21.4 Å². The quantitative estimate of drug-likeness (QED) is 0.111. The highest BCUT2D eigenvalue weighted by Gasteiger charge is 2.24. The van der Waals surface area contributed by atoms with Crippen molar-refractivity contribution in [1.29, 1.82) is 0 Å². The van der Waals surface area contributed by atoms with E-state index in [1.165, 1.54) is 7.11 Å². The second-order valence-electron chi connectivity index (χ2n) is 8.07. The van der Waals surface area contributed by atoms with Gasteiger partial charge in [0.05, 0.1) is 25.9 Å². The number of carbonyl (C=O) groups excluding carboxylic acids is 4. The third-order valence-electron chi connectivity index (χ3n) is 4.09. The molecule has 0 aliphatic carbocycles. The molecule has 0 saturated heterocycles. The summed E-state index contributed by atoms with van der Waals surface area (Å²) in [6.45, 7) is 5.51. The molecule has 4 N–H and O–H groups in total. The molecular formula is C22H34N4O7. The van der Waals surface area contributed by atoms with Gasteiger partial charge in [-0.2, -0.15) is 5.48 Å². The van der Waals surface area contributed by atoms with Gasteiger partial charge in [-0.15, -0.1) is 0 Å². The predicted molar refractivity (Wildman–Crippen MR) is 120 cm³/mol. The number of unbranched alkanes of at least 4 members (excludes halogenated alkanes) is 1. The number of methoxy groups -OCH3 is 1. The lowest BCUT2D eigenvalue weighted by molar-refractivity contribution is -0.139. The number of esters is 1. The molecule has 1 atom stereocenters. The van der Waals surface area contributed by atoms with Crippen molar-refractivity contribution in [3.63, 3.8) is 0 Å². The minimum absolute atomic E-state index is 0.0252. The third-order valence-corrected chi connectivity index (χ3v) is 4.09. The van der Waals surface area contributed by atoms with Gasteiger partial charge in [0.25, 0.3) is 0 Å². The average Bonchev–Trinajstić information content (AvgIpc) is 2.76. The molecule has 0 aliphatic rings. The first-order chi connectivity index (χ1) is 15.6. The Hall–Kier alpha value is -3.18. The maximum absolute atomic E-state index is 12.5. The van der Waals surface area contributed by atoms with Gasteiger partial charge in [-0.3, -0.25) is 14.9 Å². The standard InChI is InChI=1S/C22H34N4O7/c1-22(2,3)32-21(30)26-17(19(28)24-15-23-14-18(27)31-4)12-8-9-13-25-33-20(29)16-10-6-5-7-11-16/h5-7,10-11,17,23,25H,8-9,12-15H2,1-4H3,(H,24,28)(H,26,30). The molecule has 0 saturated carbocycles. The van der Waals surface area contributed by atoms with Gasteiger partial charge in [0, 0.05) is 6.54 Å². The maximum Gasteiger partial charge on any atom is 0.408 e. The third kappa shape index (κ3) is 13.1. The molecule has 1 aromatic carbocycles. The Kier molecular flexibility index (Phi) is 12.5. The Morgan fingerprint density at radius 3 is 2.36 bits per heavy atom. The first kappa shape index (κ1) is 27.9. The van der Waals surface area contributed by atoms with E-state index in [-0.39, 0.29) is 13.2 Å². The van der Waals surface area contributed by atoms with Crippen LogP contribution in [0.25, 0.3) is 0 Å². The van der Waals surface area contributed by atoms with Crippen LogP contribution in [0.2, 0.25) is 0 Å². The van der Waals surface area contributed by atoms with Gasteiger partial charge in [0.2, 0.25) is 5.91 Å². The summed E-state index contributed by atoms with van der Waals surface area (Å²) in [7, 11) is 1.26. The van der Waals surface area contributed by atoms with Crippen LogP contribution in [0.5, 0.6) is 0 Å². The first-order valence-corrected chi connectivity index (χ1v) is 10.7. The average molecular weight is 467 g/mol. The van der Waals surface area contributed by atoms with Crippen molar-refractivity contribution in [3.8, 4) is 0 Å². The number of hydrogen-bond donors (Lipinski definition) is 4. The van der Waals surface area contributed by atoms with Crippen LogP contribution in [-0.4, -0.2) is 62.4 Å². The minimum Gasteiger partial charge on any atom is -0.468 e. The Labute approximate surface area is 193 Å². The Morgan fingerprint density at radius 2 is 1.73 bits per heavy atom. The van der Waals surface area contributed by atoms with Gasteiger partial charge in [-0.25, -0.2) is 9.59 Å². The van der Waals surface area contributed by atoms with Gasteiger partial charge in [-0.05, 0) is 52.2 Å². The van der Waals surface area contributed by atoms with Gasteiger partial charge < -0.3 is 24.9 Å². The van der Waals surface area contributed by atoms with Gasteiger partial charge >= 0.3 is 18.0 Å². The van der Waals surface area contributed by atoms with Crippen LogP contribution in [0.1, 0.15) is 50.4 Å². The number of rotatable bonds is 13. The molecule has 0 aliphatic heterocycles. The lowest BCUT2D eigenvalue weighted by atomic mass is 10.1. The monoisotopic (exact) mass is 466 g/mol. The zero-order chi connectivity index (χ0) is 24.7. The van der Waals surface area contributed by atoms with Crippen molar-refractivity contribution in [2.75, 3.05) is 26.9 Å². The number of alkyl carbamates (subject to hydrolysis) is 1. The smallest absolute Gasteiger partial charge is 0.408 e. The summed E-state index contributed by atoms with van der Waals surface area (Å²) in [5, 5.41) is 7.88. The normalized spacial score (nSPS) is 11.8. The molecule has 1 unspecified atom stereocenters. The van der Waals surface area contributed by atoms with E-state index in [1.807, 2.05) is 0 Å².